The lowest BCUT2D eigenvalue weighted by atomic mass is 9.93. The van der Waals surface area contributed by atoms with Crippen LogP contribution in [-0.2, 0) is 0 Å². The molecule has 0 radical (unpaired) electrons. The number of aliphatic imine (C=N–C) groups is 1. The van der Waals surface area contributed by atoms with Gasteiger partial charge in [-0.3, -0.25) is 4.99 Å². The van der Waals surface area contributed by atoms with E-state index in [0.717, 1.165) is 44.4 Å². The zero-order valence-electron chi connectivity index (χ0n) is 15.8. The molecular formula is C22H28IN3O. The third kappa shape index (κ3) is 4.57. The topological polar surface area (TPSA) is 36.9 Å². The Morgan fingerprint density at radius 1 is 1.11 bits per heavy atom. The van der Waals surface area contributed by atoms with E-state index in [0.29, 0.717) is 11.8 Å². The van der Waals surface area contributed by atoms with Gasteiger partial charge in [0.05, 0.1) is 6.61 Å². The maximum absolute atomic E-state index is 5.78. The zero-order valence-corrected chi connectivity index (χ0v) is 18.1. The first kappa shape index (κ1) is 20.0. The first-order valence-electron chi connectivity index (χ1n) is 9.57. The molecule has 2 aromatic carbocycles. The van der Waals surface area contributed by atoms with Crippen LogP contribution in [0.3, 0.4) is 0 Å². The minimum Gasteiger partial charge on any atom is -0.493 e. The van der Waals surface area contributed by atoms with Crippen LogP contribution in [0.2, 0.25) is 0 Å². The van der Waals surface area contributed by atoms with E-state index in [4.69, 9.17) is 4.74 Å². The zero-order chi connectivity index (χ0) is 17.8. The largest absolute Gasteiger partial charge is 0.493 e. The molecule has 2 unspecified atom stereocenters. The van der Waals surface area contributed by atoms with E-state index in [1.807, 2.05) is 13.1 Å². The Bertz CT molecular complexity index is 765. The van der Waals surface area contributed by atoms with Gasteiger partial charge in [-0.15, -0.1) is 24.0 Å². The molecule has 2 heterocycles. The van der Waals surface area contributed by atoms with Crippen molar-refractivity contribution in [1.82, 2.24) is 10.2 Å². The molecule has 0 amide bonds. The summed E-state index contributed by atoms with van der Waals surface area (Å²) in [7, 11) is 1.89. The molecule has 0 spiro atoms. The van der Waals surface area contributed by atoms with Crippen molar-refractivity contribution < 1.29 is 4.74 Å². The summed E-state index contributed by atoms with van der Waals surface area (Å²) in [6, 6.07) is 19.2. The first-order chi connectivity index (χ1) is 12.8. The van der Waals surface area contributed by atoms with Gasteiger partial charge in [0, 0.05) is 38.5 Å². The number of rotatable bonds is 3. The van der Waals surface area contributed by atoms with Crippen molar-refractivity contribution in [3.63, 3.8) is 0 Å². The van der Waals surface area contributed by atoms with Crippen LogP contribution in [0.25, 0.3) is 0 Å². The van der Waals surface area contributed by atoms with Gasteiger partial charge in [0.1, 0.15) is 5.75 Å². The molecule has 0 saturated carbocycles. The highest BCUT2D eigenvalue weighted by atomic mass is 127. The van der Waals surface area contributed by atoms with Crippen LogP contribution in [0.1, 0.15) is 35.8 Å². The number of hydrogen-bond acceptors (Lipinski definition) is 2. The van der Waals surface area contributed by atoms with E-state index >= 15 is 0 Å². The van der Waals surface area contributed by atoms with E-state index in [-0.39, 0.29) is 24.0 Å². The second-order valence-electron chi connectivity index (χ2n) is 7.14. The Morgan fingerprint density at radius 2 is 1.89 bits per heavy atom. The second kappa shape index (κ2) is 9.44. The molecule has 144 valence electrons. The molecule has 2 aromatic rings. The van der Waals surface area contributed by atoms with Gasteiger partial charge in [-0.05, 0) is 30.0 Å². The summed E-state index contributed by atoms with van der Waals surface area (Å²) in [5, 5.41) is 3.61. The quantitative estimate of drug-likeness (QED) is 0.409. The number of para-hydroxylation sites is 1. The fraction of sp³-hybridized carbons (Fsp3) is 0.409. The Balaban J connectivity index is 0.00000210. The lowest BCUT2D eigenvalue weighted by Gasteiger charge is -2.28. The van der Waals surface area contributed by atoms with E-state index in [1.54, 1.807) is 0 Å². The van der Waals surface area contributed by atoms with Gasteiger partial charge in [0.2, 0.25) is 0 Å². The van der Waals surface area contributed by atoms with Crippen molar-refractivity contribution in [3.8, 4) is 5.75 Å². The standard InChI is InChI=1S/C22H27N3O.HI/c1-23-22(25-13-11-19(16-25)17-7-3-2-4-8-17)24-15-18-12-14-26-21-10-6-5-9-20(18)21;/h2-10,18-19H,11-16H2,1H3,(H,23,24);1H. The predicted octanol–water partition coefficient (Wildman–Crippen LogP) is 4.24. The van der Waals surface area contributed by atoms with Gasteiger partial charge in [0.25, 0.3) is 0 Å². The third-order valence-electron chi connectivity index (χ3n) is 5.56. The number of nitrogens with one attached hydrogen (secondary N) is 1. The fourth-order valence-corrected chi connectivity index (χ4v) is 4.12. The number of halogens is 1. The summed E-state index contributed by atoms with van der Waals surface area (Å²) in [4.78, 5) is 6.93. The van der Waals surface area contributed by atoms with Crippen LogP contribution in [0.5, 0.6) is 5.75 Å². The number of guanidine groups is 1. The van der Waals surface area contributed by atoms with Crippen molar-refractivity contribution in [2.75, 3.05) is 33.3 Å². The van der Waals surface area contributed by atoms with E-state index in [1.165, 1.54) is 17.5 Å². The Morgan fingerprint density at radius 3 is 2.70 bits per heavy atom. The Hall–Kier alpha value is -1.76. The minimum absolute atomic E-state index is 0. The third-order valence-corrected chi connectivity index (χ3v) is 5.56. The average molecular weight is 477 g/mol. The molecule has 5 heteroatoms. The highest BCUT2D eigenvalue weighted by Gasteiger charge is 2.27. The van der Waals surface area contributed by atoms with Crippen molar-refractivity contribution in [1.29, 1.82) is 0 Å². The summed E-state index contributed by atoms with van der Waals surface area (Å²) < 4.78 is 5.78. The molecule has 1 saturated heterocycles. The molecule has 2 aliphatic heterocycles. The monoisotopic (exact) mass is 477 g/mol. The van der Waals surface area contributed by atoms with E-state index in [9.17, 15) is 0 Å². The minimum atomic E-state index is 0. The summed E-state index contributed by atoms with van der Waals surface area (Å²) in [5.41, 5.74) is 2.74. The normalized spacial score (nSPS) is 21.8. The average Bonchev–Trinajstić information content (AvgIpc) is 3.19. The number of fused-ring (bicyclic) bond motifs is 1. The van der Waals surface area contributed by atoms with Gasteiger partial charge >= 0.3 is 0 Å². The number of ether oxygens (including phenoxy) is 1. The maximum Gasteiger partial charge on any atom is 0.193 e. The highest BCUT2D eigenvalue weighted by Crippen LogP contribution is 2.33. The van der Waals surface area contributed by atoms with Gasteiger partial charge in [-0.2, -0.15) is 0 Å². The lowest BCUT2D eigenvalue weighted by molar-refractivity contribution is 0.266. The van der Waals surface area contributed by atoms with Gasteiger partial charge in [-0.25, -0.2) is 0 Å². The Labute approximate surface area is 179 Å². The second-order valence-corrected chi connectivity index (χ2v) is 7.14. The fourth-order valence-electron chi connectivity index (χ4n) is 4.12. The summed E-state index contributed by atoms with van der Waals surface area (Å²) in [6.45, 7) is 3.79. The van der Waals surface area contributed by atoms with Crippen LogP contribution >= 0.6 is 24.0 Å². The molecule has 2 atom stereocenters. The van der Waals surface area contributed by atoms with E-state index < -0.39 is 0 Å². The molecule has 0 aromatic heterocycles. The lowest BCUT2D eigenvalue weighted by Crippen LogP contribution is -2.42. The molecule has 4 rings (SSSR count). The SMILES string of the molecule is CN=C(NCC1CCOc2ccccc21)N1CCC(c2ccccc2)C1.I. The summed E-state index contributed by atoms with van der Waals surface area (Å²) in [5.74, 6) is 3.13. The van der Waals surface area contributed by atoms with E-state index in [2.05, 4.69) is 63.7 Å². The molecule has 1 fully saturated rings. The first-order valence-corrected chi connectivity index (χ1v) is 9.57. The molecule has 27 heavy (non-hydrogen) atoms. The van der Waals surface area contributed by atoms with Crippen LogP contribution in [-0.4, -0.2) is 44.1 Å². The maximum atomic E-state index is 5.78. The highest BCUT2D eigenvalue weighted by molar-refractivity contribution is 14.0. The molecular weight excluding hydrogens is 449 g/mol. The number of likely N-dealkylation sites (tertiary alicyclic amines) is 1. The van der Waals surface area contributed by atoms with Crippen LogP contribution in [0, 0.1) is 0 Å². The Kier molecular flexibility index (Phi) is 6.99. The van der Waals surface area contributed by atoms with Gasteiger partial charge in [-0.1, -0.05) is 48.5 Å². The van der Waals surface area contributed by atoms with Crippen LogP contribution in [0.15, 0.2) is 59.6 Å². The molecule has 2 aliphatic rings. The smallest absolute Gasteiger partial charge is 0.193 e. The van der Waals surface area contributed by atoms with Crippen LogP contribution in [0.4, 0.5) is 0 Å². The molecule has 1 N–H and O–H groups in total. The van der Waals surface area contributed by atoms with Crippen molar-refractivity contribution >= 4 is 29.9 Å². The summed E-state index contributed by atoms with van der Waals surface area (Å²) in [6.07, 6.45) is 2.23. The van der Waals surface area contributed by atoms with Crippen molar-refractivity contribution in [3.05, 3.63) is 65.7 Å². The van der Waals surface area contributed by atoms with Crippen LogP contribution < -0.4 is 10.1 Å². The number of nitrogens with zero attached hydrogens (tertiary/aromatic N) is 2. The van der Waals surface area contributed by atoms with Crippen molar-refractivity contribution in [2.45, 2.75) is 24.7 Å². The summed E-state index contributed by atoms with van der Waals surface area (Å²) >= 11 is 0. The van der Waals surface area contributed by atoms with Gasteiger partial charge < -0.3 is 15.0 Å². The molecule has 0 bridgehead atoms. The predicted molar refractivity (Wildman–Crippen MR) is 121 cm³/mol. The van der Waals surface area contributed by atoms with Crippen molar-refractivity contribution in [2.24, 2.45) is 4.99 Å². The van der Waals surface area contributed by atoms with Gasteiger partial charge in [0.15, 0.2) is 5.96 Å². The number of benzene rings is 2. The number of hydrogen-bond donors (Lipinski definition) is 1. The molecule has 0 aliphatic carbocycles. The molecule has 4 nitrogen and oxygen atoms in total.